The van der Waals surface area contributed by atoms with Gasteiger partial charge < -0.3 is 10.1 Å². The predicted molar refractivity (Wildman–Crippen MR) is 57.8 cm³/mol. The van der Waals surface area contributed by atoms with Crippen molar-refractivity contribution in [1.29, 1.82) is 0 Å². The van der Waals surface area contributed by atoms with Crippen molar-refractivity contribution in [1.82, 2.24) is 5.32 Å². The molecule has 0 saturated carbocycles. The Balaban J connectivity index is 2.47. The van der Waals surface area contributed by atoms with Gasteiger partial charge in [0, 0.05) is 11.0 Å². The van der Waals surface area contributed by atoms with Crippen LogP contribution >= 0.6 is 15.9 Å². The molecule has 0 aliphatic carbocycles. The molecular weight excluding hydrogens is 265 g/mol. The van der Waals surface area contributed by atoms with Gasteiger partial charge in [-0.1, -0.05) is 22.0 Å². The molecule has 0 heterocycles. The molecule has 0 bridgehead atoms. The van der Waals surface area contributed by atoms with E-state index in [-0.39, 0.29) is 18.3 Å². The largest absolute Gasteiger partial charge is 0.468 e. The summed E-state index contributed by atoms with van der Waals surface area (Å²) in [5, 5.41) is 2.89. The summed E-state index contributed by atoms with van der Waals surface area (Å²) in [7, 11) is 1.33. The van der Waals surface area contributed by atoms with E-state index in [9.17, 15) is 9.18 Å². The molecular formula is C10H11BrFNO2. The van der Waals surface area contributed by atoms with Crippen LogP contribution in [0.2, 0.25) is 0 Å². The second-order valence-corrected chi connectivity index (χ2v) is 3.77. The molecule has 0 unspecified atom stereocenters. The van der Waals surface area contributed by atoms with E-state index < -0.39 is 0 Å². The van der Waals surface area contributed by atoms with E-state index in [4.69, 9.17) is 0 Å². The number of rotatable bonds is 4. The lowest BCUT2D eigenvalue weighted by Crippen LogP contribution is -2.23. The van der Waals surface area contributed by atoms with E-state index in [2.05, 4.69) is 26.0 Å². The van der Waals surface area contributed by atoms with Gasteiger partial charge in [0.15, 0.2) is 0 Å². The van der Waals surface area contributed by atoms with Crippen molar-refractivity contribution in [2.75, 3.05) is 13.7 Å². The van der Waals surface area contributed by atoms with Crippen molar-refractivity contribution >= 4 is 21.9 Å². The van der Waals surface area contributed by atoms with Crippen LogP contribution in [0.15, 0.2) is 22.7 Å². The first kappa shape index (κ1) is 12.1. The van der Waals surface area contributed by atoms with E-state index >= 15 is 0 Å². The summed E-state index contributed by atoms with van der Waals surface area (Å²) in [6.07, 6.45) is 0. The zero-order valence-electron chi connectivity index (χ0n) is 8.22. The molecule has 0 radical (unpaired) electrons. The molecule has 3 nitrogen and oxygen atoms in total. The van der Waals surface area contributed by atoms with Gasteiger partial charge in [0.05, 0.1) is 13.7 Å². The predicted octanol–water partition coefficient (Wildman–Crippen LogP) is 1.85. The van der Waals surface area contributed by atoms with Gasteiger partial charge >= 0.3 is 5.97 Å². The molecule has 0 fully saturated rings. The highest BCUT2D eigenvalue weighted by Crippen LogP contribution is 2.17. The third-order valence-electron chi connectivity index (χ3n) is 1.83. The number of hydrogen-bond acceptors (Lipinski definition) is 3. The minimum atomic E-state index is -0.326. The molecule has 15 heavy (non-hydrogen) atoms. The number of benzene rings is 1. The molecule has 0 aliphatic heterocycles. The monoisotopic (exact) mass is 275 g/mol. The molecule has 0 atom stereocenters. The number of ether oxygens (including phenoxy) is 1. The maximum atomic E-state index is 12.7. The van der Waals surface area contributed by atoms with Crippen LogP contribution in [-0.2, 0) is 16.1 Å². The van der Waals surface area contributed by atoms with Crippen molar-refractivity contribution < 1.29 is 13.9 Å². The Labute approximate surface area is 95.7 Å². The zero-order chi connectivity index (χ0) is 11.3. The Morgan fingerprint density at radius 1 is 1.60 bits per heavy atom. The van der Waals surface area contributed by atoms with E-state index in [0.717, 1.165) is 5.56 Å². The molecule has 5 heteroatoms. The highest BCUT2D eigenvalue weighted by molar-refractivity contribution is 9.10. The number of hydrogen-bond donors (Lipinski definition) is 1. The van der Waals surface area contributed by atoms with Gasteiger partial charge in [0.2, 0.25) is 0 Å². The molecule has 1 rings (SSSR count). The number of carbonyl (C=O) groups excluding carboxylic acids is 1. The van der Waals surface area contributed by atoms with E-state index in [1.165, 1.54) is 19.2 Å². The highest BCUT2D eigenvalue weighted by Gasteiger charge is 2.03. The summed E-state index contributed by atoms with van der Waals surface area (Å²) in [4.78, 5) is 10.8. The summed E-state index contributed by atoms with van der Waals surface area (Å²) in [6.45, 7) is 0.621. The summed E-state index contributed by atoms with van der Waals surface area (Å²) >= 11 is 3.24. The fourth-order valence-electron chi connectivity index (χ4n) is 1.04. The summed E-state index contributed by atoms with van der Waals surface area (Å²) in [6, 6.07) is 4.42. The van der Waals surface area contributed by atoms with Crippen LogP contribution < -0.4 is 5.32 Å². The normalized spacial score (nSPS) is 10.1. The van der Waals surface area contributed by atoms with Gasteiger partial charge in [-0.25, -0.2) is 4.39 Å². The first-order valence-electron chi connectivity index (χ1n) is 4.35. The van der Waals surface area contributed by atoms with Crippen LogP contribution in [-0.4, -0.2) is 19.6 Å². The van der Waals surface area contributed by atoms with Crippen molar-refractivity contribution in [3.05, 3.63) is 34.1 Å². The SMILES string of the molecule is COC(=O)CNCc1ccc(F)cc1Br. The topological polar surface area (TPSA) is 38.3 Å². The molecule has 1 aromatic rings. The number of esters is 1. The van der Waals surface area contributed by atoms with E-state index in [1.807, 2.05) is 0 Å². The van der Waals surface area contributed by atoms with Gasteiger partial charge in [-0.2, -0.15) is 0 Å². The maximum Gasteiger partial charge on any atom is 0.319 e. The lowest BCUT2D eigenvalue weighted by atomic mass is 10.2. The van der Waals surface area contributed by atoms with Crippen LogP contribution in [0.25, 0.3) is 0 Å². The summed E-state index contributed by atoms with van der Waals surface area (Å²) in [5.41, 5.74) is 0.889. The number of halogens is 2. The molecule has 82 valence electrons. The molecule has 1 aromatic carbocycles. The van der Waals surface area contributed by atoms with Crippen LogP contribution in [0.1, 0.15) is 5.56 Å². The molecule has 0 spiro atoms. The second-order valence-electron chi connectivity index (χ2n) is 2.92. The molecule has 0 aliphatic rings. The Kier molecular flexibility index (Phi) is 4.71. The Bertz CT molecular complexity index is 357. The van der Waals surface area contributed by atoms with Crippen molar-refractivity contribution in [2.24, 2.45) is 0 Å². The quantitative estimate of drug-likeness (QED) is 0.853. The maximum absolute atomic E-state index is 12.7. The Hall–Kier alpha value is -0.940. The van der Waals surface area contributed by atoms with Gasteiger partial charge in [0.25, 0.3) is 0 Å². The second kappa shape index (κ2) is 5.82. The smallest absolute Gasteiger partial charge is 0.319 e. The Morgan fingerprint density at radius 3 is 2.93 bits per heavy atom. The average molecular weight is 276 g/mol. The number of nitrogens with one attached hydrogen (secondary N) is 1. The van der Waals surface area contributed by atoms with Gasteiger partial charge in [-0.15, -0.1) is 0 Å². The fraction of sp³-hybridized carbons (Fsp3) is 0.300. The van der Waals surface area contributed by atoms with Gasteiger partial charge in [-0.05, 0) is 17.7 Å². The molecule has 0 saturated heterocycles. The lowest BCUT2D eigenvalue weighted by Gasteiger charge is -2.05. The van der Waals surface area contributed by atoms with Crippen molar-refractivity contribution in [2.45, 2.75) is 6.54 Å². The van der Waals surface area contributed by atoms with Crippen molar-refractivity contribution in [3.8, 4) is 0 Å². The van der Waals surface area contributed by atoms with Crippen LogP contribution in [0.3, 0.4) is 0 Å². The fourth-order valence-corrected chi connectivity index (χ4v) is 1.53. The first-order chi connectivity index (χ1) is 7.13. The van der Waals surface area contributed by atoms with Crippen molar-refractivity contribution in [3.63, 3.8) is 0 Å². The van der Waals surface area contributed by atoms with Crippen LogP contribution in [0.4, 0.5) is 4.39 Å². The standard InChI is InChI=1S/C10H11BrFNO2/c1-15-10(14)6-13-5-7-2-3-8(12)4-9(7)11/h2-4,13H,5-6H2,1H3. The van der Waals surface area contributed by atoms with Crippen LogP contribution in [0.5, 0.6) is 0 Å². The minimum Gasteiger partial charge on any atom is -0.468 e. The summed E-state index contributed by atoms with van der Waals surface area (Å²) < 4.78 is 17.9. The average Bonchev–Trinajstić information content (AvgIpc) is 2.21. The number of methoxy groups -OCH3 is 1. The molecule has 0 amide bonds. The van der Waals surface area contributed by atoms with Gasteiger partial charge in [-0.3, -0.25) is 4.79 Å². The van der Waals surface area contributed by atoms with E-state index in [1.54, 1.807) is 6.07 Å². The minimum absolute atomic E-state index is 0.139. The lowest BCUT2D eigenvalue weighted by molar-refractivity contribution is -0.139. The summed E-state index contributed by atoms with van der Waals surface area (Å²) in [5.74, 6) is -0.619. The zero-order valence-corrected chi connectivity index (χ0v) is 9.80. The third kappa shape index (κ3) is 3.97. The molecule has 1 N–H and O–H groups in total. The highest BCUT2D eigenvalue weighted by atomic mass is 79.9. The molecule has 0 aromatic heterocycles. The van der Waals surface area contributed by atoms with E-state index in [0.29, 0.717) is 11.0 Å². The third-order valence-corrected chi connectivity index (χ3v) is 2.57. The number of carbonyl (C=O) groups is 1. The van der Waals surface area contributed by atoms with Crippen LogP contribution in [0, 0.1) is 5.82 Å². The Morgan fingerprint density at radius 2 is 2.33 bits per heavy atom. The first-order valence-corrected chi connectivity index (χ1v) is 5.14. The van der Waals surface area contributed by atoms with Gasteiger partial charge in [0.1, 0.15) is 5.82 Å².